The molecule has 1 heterocycles. The van der Waals surface area contributed by atoms with Crippen molar-refractivity contribution >= 4 is 11.9 Å². The number of aliphatic carboxylic acids is 1. The molecule has 2 atom stereocenters. The number of rotatable bonds is 6. The van der Waals surface area contributed by atoms with Crippen molar-refractivity contribution in [1.82, 2.24) is 10.6 Å². The Morgan fingerprint density at radius 1 is 1.44 bits per heavy atom. The second kappa shape index (κ2) is 6.15. The molecule has 2 rings (SSSR count). The maximum Gasteiger partial charge on any atom is 0.326 e. The lowest BCUT2D eigenvalue weighted by molar-refractivity contribution is -0.142. The van der Waals surface area contributed by atoms with E-state index >= 15 is 0 Å². The molecule has 0 radical (unpaired) electrons. The summed E-state index contributed by atoms with van der Waals surface area (Å²) in [6.07, 6.45) is 2.99. The summed E-state index contributed by atoms with van der Waals surface area (Å²) >= 11 is 0. The van der Waals surface area contributed by atoms with Gasteiger partial charge in [0.15, 0.2) is 0 Å². The summed E-state index contributed by atoms with van der Waals surface area (Å²) < 4.78 is 5.25. The summed E-state index contributed by atoms with van der Waals surface area (Å²) in [5.74, 6) is -0.684. The van der Waals surface area contributed by atoms with Gasteiger partial charge in [-0.15, -0.1) is 0 Å². The largest absolute Gasteiger partial charge is 0.480 e. The number of carbonyl (C=O) groups is 2. The third kappa shape index (κ3) is 4.27. The molecular weight excluding hydrogens is 236 g/mol. The quantitative estimate of drug-likeness (QED) is 0.609. The Balaban J connectivity index is 1.74. The third-order valence-corrected chi connectivity index (χ3v) is 3.33. The lowest BCUT2D eigenvalue weighted by Crippen LogP contribution is -2.47. The van der Waals surface area contributed by atoms with Gasteiger partial charge in [0.25, 0.3) is 0 Å². The third-order valence-electron chi connectivity index (χ3n) is 3.33. The Labute approximate surface area is 106 Å². The van der Waals surface area contributed by atoms with Crippen LogP contribution in [0.4, 0.5) is 0 Å². The van der Waals surface area contributed by atoms with E-state index < -0.39 is 12.0 Å². The van der Waals surface area contributed by atoms with Gasteiger partial charge in [-0.25, -0.2) is 4.79 Å². The fraction of sp³-hybridized carbons (Fsp3) is 0.833. The van der Waals surface area contributed by atoms with Gasteiger partial charge < -0.3 is 20.5 Å². The zero-order chi connectivity index (χ0) is 13.0. The molecule has 1 saturated heterocycles. The van der Waals surface area contributed by atoms with Crippen molar-refractivity contribution in [3.63, 3.8) is 0 Å². The van der Waals surface area contributed by atoms with Crippen LogP contribution in [0, 0.1) is 5.92 Å². The van der Waals surface area contributed by atoms with Gasteiger partial charge in [0, 0.05) is 19.0 Å². The van der Waals surface area contributed by atoms with Gasteiger partial charge in [0.2, 0.25) is 5.91 Å². The van der Waals surface area contributed by atoms with Crippen LogP contribution in [0.1, 0.15) is 25.7 Å². The molecular formula is C12H20N2O4. The lowest BCUT2D eigenvalue weighted by Gasteiger charge is -2.24. The van der Waals surface area contributed by atoms with Crippen LogP contribution in [0.5, 0.6) is 0 Å². The molecule has 6 heteroatoms. The number of nitrogens with one attached hydrogen (secondary N) is 2. The van der Waals surface area contributed by atoms with Crippen molar-refractivity contribution in [2.75, 3.05) is 19.8 Å². The first kappa shape index (κ1) is 13.3. The number of carboxylic acids is 1. The number of hydrogen-bond acceptors (Lipinski definition) is 4. The van der Waals surface area contributed by atoms with Crippen molar-refractivity contribution in [1.29, 1.82) is 0 Å². The minimum atomic E-state index is -0.942. The van der Waals surface area contributed by atoms with E-state index in [1.807, 2.05) is 0 Å². The van der Waals surface area contributed by atoms with Gasteiger partial charge >= 0.3 is 5.97 Å². The van der Waals surface area contributed by atoms with E-state index in [4.69, 9.17) is 9.84 Å². The highest BCUT2D eigenvalue weighted by atomic mass is 16.5. The molecule has 1 saturated carbocycles. The number of hydrogen-bond donors (Lipinski definition) is 3. The first-order valence-electron chi connectivity index (χ1n) is 6.48. The Morgan fingerprint density at radius 3 is 2.78 bits per heavy atom. The second-order valence-corrected chi connectivity index (χ2v) is 5.07. The van der Waals surface area contributed by atoms with Gasteiger partial charge in [-0.3, -0.25) is 4.79 Å². The first-order chi connectivity index (χ1) is 8.65. The maximum atomic E-state index is 11.8. The predicted molar refractivity (Wildman–Crippen MR) is 64.1 cm³/mol. The Kier molecular flexibility index (Phi) is 4.54. The molecule has 2 fully saturated rings. The molecule has 0 spiro atoms. The molecule has 2 aliphatic rings. The standard InChI is InChI=1S/C12H20N2O4/c15-11(6-9-7-18-4-3-13-9)14-10(12(16)17)5-8-1-2-8/h8-10,13H,1-7H2,(H,14,15)(H,16,17). The van der Waals surface area contributed by atoms with Crippen LogP contribution in [0.15, 0.2) is 0 Å². The SMILES string of the molecule is O=C(CC1COCCN1)NC(CC1CC1)C(=O)O. The van der Waals surface area contributed by atoms with Crippen molar-refractivity contribution in [3.05, 3.63) is 0 Å². The van der Waals surface area contributed by atoms with E-state index in [1.54, 1.807) is 0 Å². The van der Waals surface area contributed by atoms with Gasteiger partial charge in [0.1, 0.15) is 6.04 Å². The lowest BCUT2D eigenvalue weighted by atomic mass is 10.1. The molecule has 18 heavy (non-hydrogen) atoms. The summed E-state index contributed by atoms with van der Waals surface area (Å²) in [7, 11) is 0. The van der Waals surface area contributed by atoms with Crippen LogP contribution in [-0.4, -0.2) is 48.8 Å². The van der Waals surface area contributed by atoms with Crippen LogP contribution in [0.2, 0.25) is 0 Å². The molecule has 1 aliphatic carbocycles. The van der Waals surface area contributed by atoms with E-state index in [0.29, 0.717) is 25.6 Å². The van der Waals surface area contributed by atoms with E-state index in [0.717, 1.165) is 19.4 Å². The summed E-state index contributed by atoms with van der Waals surface area (Å²) in [4.78, 5) is 22.8. The maximum absolute atomic E-state index is 11.8. The van der Waals surface area contributed by atoms with Crippen molar-refractivity contribution in [2.24, 2.45) is 5.92 Å². The summed E-state index contributed by atoms with van der Waals surface area (Å²) in [5.41, 5.74) is 0. The molecule has 2 unspecified atom stereocenters. The molecule has 1 amide bonds. The van der Waals surface area contributed by atoms with Crippen molar-refractivity contribution in [2.45, 2.75) is 37.8 Å². The van der Waals surface area contributed by atoms with Crippen LogP contribution in [0.25, 0.3) is 0 Å². The molecule has 102 valence electrons. The Morgan fingerprint density at radius 2 is 2.22 bits per heavy atom. The van der Waals surface area contributed by atoms with Crippen molar-refractivity contribution < 1.29 is 19.4 Å². The summed E-state index contributed by atoms with van der Waals surface area (Å²) in [6.45, 7) is 1.91. The van der Waals surface area contributed by atoms with E-state index in [2.05, 4.69) is 10.6 Å². The Hall–Kier alpha value is -1.14. The molecule has 0 aromatic carbocycles. The Bertz CT molecular complexity index is 311. The van der Waals surface area contributed by atoms with Crippen LogP contribution < -0.4 is 10.6 Å². The fourth-order valence-electron chi connectivity index (χ4n) is 2.14. The second-order valence-electron chi connectivity index (χ2n) is 5.07. The average Bonchev–Trinajstić information content (AvgIpc) is 3.13. The highest BCUT2D eigenvalue weighted by molar-refractivity contribution is 5.83. The molecule has 1 aliphatic heterocycles. The monoisotopic (exact) mass is 256 g/mol. The van der Waals surface area contributed by atoms with E-state index in [9.17, 15) is 9.59 Å². The fourth-order valence-corrected chi connectivity index (χ4v) is 2.14. The molecule has 6 nitrogen and oxygen atoms in total. The molecule has 0 aromatic heterocycles. The summed E-state index contributed by atoms with van der Waals surface area (Å²) in [5, 5.41) is 14.8. The smallest absolute Gasteiger partial charge is 0.326 e. The minimum absolute atomic E-state index is 0.00544. The van der Waals surface area contributed by atoms with Crippen LogP contribution in [0.3, 0.4) is 0 Å². The number of amides is 1. The number of carbonyl (C=O) groups excluding carboxylic acids is 1. The minimum Gasteiger partial charge on any atom is -0.480 e. The van der Waals surface area contributed by atoms with Crippen LogP contribution >= 0.6 is 0 Å². The van der Waals surface area contributed by atoms with E-state index in [1.165, 1.54) is 0 Å². The zero-order valence-electron chi connectivity index (χ0n) is 10.4. The van der Waals surface area contributed by atoms with Crippen molar-refractivity contribution in [3.8, 4) is 0 Å². The average molecular weight is 256 g/mol. The van der Waals surface area contributed by atoms with Gasteiger partial charge in [-0.2, -0.15) is 0 Å². The number of morpholine rings is 1. The normalized spacial score (nSPS) is 25.4. The number of carboxylic acid groups (broad SMARTS) is 1. The number of ether oxygens (including phenoxy) is 1. The first-order valence-corrected chi connectivity index (χ1v) is 6.48. The molecule has 0 bridgehead atoms. The van der Waals surface area contributed by atoms with Gasteiger partial charge in [-0.1, -0.05) is 12.8 Å². The highest BCUT2D eigenvalue weighted by Gasteiger charge is 2.30. The predicted octanol–water partition coefficient (Wildman–Crippen LogP) is -0.266. The molecule has 3 N–H and O–H groups in total. The van der Waals surface area contributed by atoms with Crippen LogP contribution in [-0.2, 0) is 14.3 Å². The zero-order valence-corrected chi connectivity index (χ0v) is 10.4. The topological polar surface area (TPSA) is 87.7 Å². The van der Waals surface area contributed by atoms with Gasteiger partial charge in [0.05, 0.1) is 13.2 Å². The summed E-state index contributed by atoms with van der Waals surface area (Å²) in [6, 6.07) is -0.747. The van der Waals surface area contributed by atoms with Gasteiger partial charge in [-0.05, 0) is 12.3 Å². The highest BCUT2D eigenvalue weighted by Crippen LogP contribution is 2.33. The van der Waals surface area contributed by atoms with E-state index in [-0.39, 0.29) is 18.4 Å². The molecule has 0 aromatic rings.